The van der Waals surface area contributed by atoms with E-state index in [-0.39, 0.29) is 12.6 Å². The van der Waals surface area contributed by atoms with Gasteiger partial charge in [-0.05, 0) is 43.4 Å². The molecule has 0 aromatic carbocycles. The van der Waals surface area contributed by atoms with E-state index in [9.17, 15) is 9.59 Å². The molecule has 102 valence electrons. The van der Waals surface area contributed by atoms with Crippen LogP contribution in [0, 0.1) is 17.3 Å². The number of hydrogen-bond donors (Lipinski definition) is 3. The molecule has 0 aliphatic heterocycles. The van der Waals surface area contributed by atoms with E-state index in [1.807, 2.05) is 6.92 Å². The van der Waals surface area contributed by atoms with E-state index in [0.717, 1.165) is 12.5 Å². The quantitative estimate of drug-likeness (QED) is 0.645. The molecule has 2 saturated carbocycles. The van der Waals surface area contributed by atoms with Crippen LogP contribution in [-0.2, 0) is 4.79 Å². The Morgan fingerprint density at radius 3 is 2.44 bits per heavy atom. The molecule has 5 nitrogen and oxygen atoms in total. The molecule has 0 aromatic heterocycles. The van der Waals surface area contributed by atoms with Gasteiger partial charge in [0.15, 0.2) is 0 Å². The highest BCUT2D eigenvalue weighted by Crippen LogP contribution is 2.60. The number of aliphatic carboxylic acids is 1. The molecular weight excluding hydrogens is 232 g/mol. The minimum absolute atomic E-state index is 0.202. The van der Waals surface area contributed by atoms with Crippen molar-refractivity contribution in [2.75, 3.05) is 13.1 Å². The number of carbonyl (C=O) groups is 2. The first-order chi connectivity index (χ1) is 8.57. The van der Waals surface area contributed by atoms with Gasteiger partial charge in [-0.2, -0.15) is 0 Å². The van der Waals surface area contributed by atoms with Crippen LogP contribution in [-0.4, -0.2) is 30.2 Å². The van der Waals surface area contributed by atoms with E-state index >= 15 is 0 Å². The van der Waals surface area contributed by atoms with Crippen LogP contribution >= 0.6 is 0 Å². The zero-order valence-electron chi connectivity index (χ0n) is 10.9. The molecule has 2 aliphatic carbocycles. The Balaban J connectivity index is 1.64. The second-order valence-electron chi connectivity index (χ2n) is 5.64. The fraction of sp³-hybridized carbons (Fsp3) is 0.846. The van der Waals surface area contributed by atoms with Crippen molar-refractivity contribution >= 4 is 12.0 Å². The maximum absolute atomic E-state index is 11.6. The molecule has 18 heavy (non-hydrogen) atoms. The molecule has 0 bridgehead atoms. The highest BCUT2D eigenvalue weighted by Gasteiger charge is 2.53. The lowest BCUT2D eigenvalue weighted by Crippen LogP contribution is -2.42. The van der Waals surface area contributed by atoms with Gasteiger partial charge in [-0.1, -0.05) is 6.92 Å². The topological polar surface area (TPSA) is 78.4 Å². The third kappa shape index (κ3) is 3.15. The van der Waals surface area contributed by atoms with Crippen LogP contribution in [0.4, 0.5) is 4.79 Å². The Bertz CT molecular complexity index is 335. The molecule has 5 heteroatoms. The second kappa shape index (κ2) is 5.16. The lowest BCUT2D eigenvalue weighted by Gasteiger charge is -2.16. The van der Waals surface area contributed by atoms with Crippen LogP contribution in [0.2, 0.25) is 0 Å². The molecule has 1 atom stereocenters. The number of carbonyl (C=O) groups excluding carboxylic acids is 1. The third-order valence-electron chi connectivity index (χ3n) is 4.29. The molecule has 0 spiro atoms. The van der Waals surface area contributed by atoms with Crippen LogP contribution in [0.15, 0.2) is 0 Å². The number of urea groups is 1. The highest BCUT2D eigenvalue weighted by molar-refractivity contribution is 5.75. The summed E-state index contributed by atoms with van der Waals surface area (Å²) >= 11 is 0. The van der Waals surface area contributed by atoms with Crippen LogP contribution in [0.1, 0.15) is 39.0 Å². The first-order valence-corrected chi connectivity index (χ1v) is 6.82. The highest BCUT2D eigenvalue weighted by atomic mass is 16.4. The van der Waals surface area contributed by atoms with E-state index in [0.29, 0.717) is 11.8 Å². The zero-order valence-corrected chi connectivity index (χ0v) is 10.9. The fourth-order valence-corrected chi connectivity index (χ4v) is 2.53. The molecule has 0 saturated heterocycles. The van der Waals surface area contributed by atoms with Crippen molar-refractivity contribution in [2.24, 2.45) is 17.3 Å². The van der Waals surface area contributed by atoms with E-state index in [2.05, 4.69) is 10.6 Å². The van der Waals surface area contributed by atoms with Crippen LogP contribution in [0.5, 0.6) is 0 Å². The van der Waals surface area contributed by atoms with Crippen molar-refractivity contribution in [2.45, 2.75) is 39.0 Å². The molecular formula is C13H22N2O3. The summed E-state index contributed by atoms with van der Waals surface area (Å²) in [5.41, 5.74) is 0.383. The Morgan fingerprint density at radius 2 is 2.00 bits per heavy atom. The average molecular weight is 254 g/mol. The van der Waals surface area contributed by atoms with E-state index in [1.54, 1.807) is 0 Å². The van der Waals surface area contributed by atoms with Gasteiger partial charge in [0.2, 0.25) is 0 Å². The van der Waals surface area contributed by atoms with Crippen molar-refractivity contribution < 1.29 is 14.7 Å². The summed E-state index contributed by atoms with van der Waals surface area (Å²) in [4.78, 5) is 22.4. The number of nitrogens with one attached hydrogen (secondary N) is 2. The predicted octanol–water partition coefficient (Wildman–Crippen LogP) is 1.59. The number of carboxylic acid groups (broad SMARTS) is 1. The summed E-state index contributed by atoms with van der Waals surface area (Å²) in [6, 6.07) is -0.235. The number of amides is 2. The molecule has 2 rings (SSSR count). The van der Waals surface area contributed by atoms with Gasteiger partial charge >= 0.3 is 12.0 Å². The summed E-state index contributed by atoms with van der Waals surface area (Å²) in [7, 11) is 0. The van der Waals surface area contributed by atoms with Gasteiger partial charge in [0.05, 0.1) is 5.92 Å². The smallest absolute Gasteiger partial charge is 0.314 e. The minimum Gasteiger partial charge on any atom is -0.481 e. The summed E-state index contributed by atoms with van der Waals surface area (Å²) in [5, 5.41) is 14.4. The molecule has 3 N–H and O–H groups in total. The third-order valence-corrected chi connectivity index (χ3v) is 4.29. The van der Waals surface area contributed by atoms with E-state index in [4.69, 9.17) is 5.11 Å². The van der Waals surface area contributed by atoms with Crippen LogP contribution < -0.4 is 10.6 Å². The number of rotatable bonds is 7. The van der Waals surface area contributed by atoms with Crippen LogP contribution in [0.25, 0.3) is 0 Å². The summed E-state index contributed by atoms with van der Waals surface area (Å²) in [6.45, 7) is 2.76. The Morgan fingerprint density at radius 1 is 1.33 bits per heavy atom. The number of hydrogen-bond acceptors (Lipinski definition) is 2. The summed E-state index contributed by atoms with van der Waals surface area (Å²) in [5.74, 6) is -0.524. The van der Waals surface area contributed by atoms with E-state index in [1.165, 1.54) is 25.7 Å². The van der Waals surface area contributed by atoms with Gasteiger partial charge in [0, 0.05) is 13.1 Å². The van der Waals surface area contributed by atoms with Crippen molar-refractivity contribution in [1.29, 1.82) is 0 Å². The van der Waals surface area contributed by atoms with Crippen molar-refractivity contribution in [1.82, 2.24) is 10.6 Å². The van der Waals surface area contributed by atoms with Crippen LogP contribution in [0.3, 0.4) is 0 Å². The SMILES string of the molecule is CCC(CNC(=O)NCC1(C2CC2)CC1)C(=O)O. The maximum Gasteiger partial charge on any atom is 0.314 e. The molecule has 0 heterocycles. The molecule has 0 radical (unpaired) electrons. The molecule has 2 fully saturated rings. The Hall–Kier alpha value is -1.26. The number of carboxylic acids is 1. The van der Waals surface area contributed by atoms with Gasteiger partial charge in [-0.15, -0.1) is 0 Å². The summed E-state index contributed by atoms with van der Waals surface area (Å²) < 4.78 is 0. The summed E-state index contributed by atoms with van der Waals surface area (Å²) in [6.07, 6.45) is 5.59. The van der Waals surface area contributed by atoms with Gasteiger partial charge < -0.3 is 15.7 Å². The van der Waals surface area contributed by atoms with Gasteiger partial charge in [-0.25, -0.2) is 4.79 Å². The monoisotopic (exact) mass is 254 g/mol. The van der Waals surface area contributed by atoms with Gasteiger partial charge in [0.25, 0.3) is 0 Å². The minimum atomic E-state index is -0.852. The van der Waals surface area contributed by atoms with Gasteiger partial charge in [0.1, 0.15) is 0 Å². The lowest BCUT2D eigenvalue weighted by atomic mass is 10.0. The standard InChI is InChI=1S/C13H22N2O3/c1-2-9(11(16)17)7-14-12(18)15-8-13(5-6-13)10-3-4-10/h9-10H,2-8H2,1H3,(H,16,17)(H2,14,15,18). The zero-order chi connectivity index (χ0) is 13.2. The molecule has 2 amide bonds. The Kier molecular flexibility index (Phi) is 3.78. The lowest BCUT2D eigenvalue weighted by molar-refractivity contribution is -0.141. The average Bonchev–Trinajstić information content (AvgIpc) is 3.17. The first-order valence-electron chi connectivity index (χ1n) is 6.82. The van der Waals surface area contributed by atoms with Crippen molar-refractivity contribution in [3.05, 3.63) is 0 Å². The largest absolute Gasteiger partial charge is 0.481 e. The van der Waals surface area contributed by atoms with E-state index < -0.39 is 11.9 Å². The molecule has 2 aliphatic rings. The molecule has 0 aromatic rings. The maximum atomic E-state index is 11.6. The van der Waals surface area contributed by atoms with Gasteiger partial charge in [-0.3, -0.25) is 4.79 Å². The first kappa shape index (κ1) is 13.2. The van der Waals surface area contributed by atoms with Crippen molar-refractivity contribution in [3.63, 3.8) is 0 Å². The fourth-order valence-electron chi connectivity index (χ4n) is 2.53. The van der Waals surface area contributed by atoms with Crippen molar-refractivity contribution in [3.8, 4) is 0 Å². The molecule has 1 unspecified atom stereocenters. The normalized spacial score (nSPS) is 22.1. The predicted molar refractivity (Wildman–Crippen MR) is 67.2 cm³/mol. The second-order valence-corrected chi connectivity index (χ2v) is 5.64. The Labute approximate surface area is 107 Å².